The van der Waals surface area contributed by atoms with Crippen molar-refractivity contribution in [3.8, 4) is 0 Å². The van der Waals surface area contributed by atoms with Crippen molar-refractivity contribution in [2.75, 3.05) is 11.9 Å². The lowest BCUT2D eigenvalue weighted by molar-refractivity contribution is 0.299. The lowest BCUT2D eigenvalue weighted by Crippen LogP contribution is -2.05. The van der Waals surface area contributed by atoms with Crippen molar-refractivity contribution in [3.05, 3.63) is 54.0 Å². The van der Waals surface area contributed by atoms with Crippen molar-refractivity contribution in [3.63, 3.8) is 0 Å². The molecule has 1 aromatic heterocycles. The van der Waals surface area contributed by atoms with E-state index in [-0.39, 0.29) is 12.6 Å². The van der Waals surface area contributed by atoms with Gasteiger partial charge in [0, 0.05) is 17.9 Å². The highest BCUT2D eigenvalue weighted by Gasteiger charge is 2.05. The fourth-order valence-electron chi connectivity index (χ4n) is 1.75. The Labute approximate surface area is 101 Å². The molecule has 2 N–H and O–H groups in total. The third kappa shape index (κ3) is 3.11. The SMILES string of the molecule is CC(Nc1ccc(CCO)cc1)c1ccoc1. The first-order chi connectivity index (χ1) is 8.29. The molecule has 0 aliphatic carbocycles. The van der Waals surface area contributed by atoms with Gasteiger partial charge in [0.05, 0.1) is 18.6 Å². The van der Waals surface area contributed by atoms with Crippen LogP contribution in [-0.2, 0) is 6.42 Å². The van der Waals surface area contributed by atoms with Crippen LogP contribution in [0.25, 0.3) is 0 Å². The number of nitrogens with one attached hydrogen (secondary N) is 1. The van der Waals surface area contributed by atoms with Crippen LogP contribution in [0.5, 0.6) is 0 Å². The Morgan fingerprint density at radius 1 is 1.24 bits per heavy atom. The van der Waals surface area contributed by atoms with Gasteiger partial charge in [0.2, 0.25) is 0 Å². The van der Waals surface area contributed by atoms with E-state index < -0.39 is 0 Å². The van der Waals surface area contributed by atoms with E-state index in [2.05, 4.69) is 12.2 Å². The maximum absolute atomic E-state index is 8.83. The molecule has 0 saturated heterocycles. The molecule has 3 nitrogen and oxygen atoms in total. The lowest BCUT2D eigenvalue weighted by Gasteiger charge is -2.13. The number of aliphatic hydroxyl groups is 1. The van der Waals surface area contributed by atoms with Gasteiger partial charge in [0.15, 0.2) is 0 Å². The highest BCUT2D eigenvalue weighted by molar-refractivity contribution is 5.46. The number of benzene rings is 1. The Balaban J connectivity index is 1.99. The minimum Gasteiger partial charge on any atom is -0.472 e. The van der Waals surface area contributed by atoms with Crippen molar-refractivity contribution < 1.29 is 9.52 Å². The molecule has 1 heterocycles. The zero-order valence-corrected chi connectivity index (χ0v) is 9.89. The van der Waals surface area contributed by atoms with Gasteiger partial charge in [-0.15, -0.1) is 0 Å². The highest BCUT2D eigenvalue weighted by atomic mass is 16.3. The van der Waals surface area contributed by atoms with Gasteiger partial charge in [0.1, 0.15) is 0 Å². The molecule has 0 spiro atoms. The largest absolute Gasteiger partial charge is 0.472 e. The Kier molecular flexibility index (Phi) is 3.83. The Hall–Kier alpha value is -1.74. The van der Waals surface area contributed by atoms with Gasteiger partial charge in [-0.05, 0) is 37.1 Å². The smallest absolute Gasteiger partial charge is 0.0955 e. The summed E-state index contributed by atoms with van der Waals surface area (Å²) in [6.45, 7) is 2.28. The van der Waals surface area contributed by atoms with E-state index in [4.69, 9.17) is 9.52 Å². The number of anilines is 1. The van der Waals surface area contributed by atoms with Crippen molar-refractivity contribution in [2.24, 2.45) is 0 Å². The fraction of sp³-hybridized carbons (Fsp3) is 0.286. The molecule has 1 atom stereocenters. The zero-order chi connectivity index (χ0) is 12.1. The molecular weight excluding hydrogens is 214 g/mol. The van der Waals surface area contributed by atoms with Crippen LogP contribution >= 0.6 is 0 Å². The van der Waals surface area contributed by atoms with Crippen LogP contribution in [0.1, 0.15) is 24.1 Å². The van der Waals surface area contributed by atoms with Crippen LogP contribution in [0.15, 0.2) is 47.3 Å². The highest BCUT2D eigenvalue weighted by Crippen LogP contribution is 2.19. The Bertz CT molecular complexity index is 434. The summed E-state index contributed by atoms with van der Waals surface area (Å²) in [7, 11) is 0. The first-order valence-corrected chi connectivity index (χ1v) is 5.78. The van der Waals surface area contributed by atoms with Gasteiger partial charge >= 0.3 is 0 Å². The number of aliphatic hydroxyl groups excluding tert-OH is 1. The first kappa shape index (κ1) is 11.7. The minimum atomic E-state index is 0.193. The van der Waals surface area contributed by atoms with Gasteiger partial charge in [-0.3, -0.25) is 0 Å². The Morgan fingerprint density at radius 3 is 2.59 bits per heavy atom. The zero-order valence-electron chi connectivity index (χ0n) is 9.89. The second kappa shape index (κ2) is 5.55. The molecule has 0 aliphatic heterocycles. The summed E-state index contributed by atoms with van der Waals surface area (Å²) in [4.78, 5) is 0. The summed E-state index contributed by atoms with van der Waals surface area (Å²) >= 11 is 0. The second-order valence-corrected chi connectivity index (χ2v) is 4.09. The van der Waals surface area contributed by atoms with Crippen LogP contribution in [-0.4, -0.2) is 11.7 Å². The third-order valence-corrected chi connectivity index (χ3v) is 2.78. The predicted octanol–water partition coefficient (Wildman–Crippen LogP) is 2.99. The molecule has 2 rings (SSSR count). The van der Waals surface area contributed by atoms with E-state index >= 15 is 0 Å². The molecule has 0 radical (unpaired) electrons. The van der Waals surface area contributed by atoms with Crippen LogP contribution in [0.3, 0.4) is 0 Å². The van der Waals surface area contributed by atoms with Crippen molar-refractivity contribution >= 4 is 5.69 Å². The maximum Gasteiger partial charge on any atom is 0.0955 e. The van der Waals surface area contributed by atoms with E-state index in [0.29, 0.717) is 6.42 Å². The van der Waals surface area contributed by atoms with E-state index in [1.165, 1.54) is 0 Å². The average molecular weight is 231 g/mol. The quantitative estimate of drug-likeness (QED) is 0.831. The molecule has 1 aromatic carbocycles. The number of furan rings is 1. The Morgan fingerprint density at radius 2 is 2.00 bits per heavy atom. The van der Waals surface area contributed by atoms with E-state index in [1.807, 2.05) is 30.3 Å². The summed E-state index contributed by atoms with van der Waals surface area (Å²) in [5.41, 5.74) is 3.35. The molecule has 0 bridgehead atoms. The van der Waals surface area contributed by atoms with Crippen LogP contribution in [0, 0.1) is 0 Å². The molecular formula is C14H17NO2. The molecule has 2 aromatic rings. The van der Waals surface area contributed by atoms with Gasteiger partial charge < -0.3 is 14.8 Å². The summed E-state index contributed by atoms with van der Waals surface area (Å²) in [6, 6.07) is 10.3. The third-order valence-electron chi connectivity index (χ3n) is 2.78. The molecule has 3 heteroatoms. The van der Waals surface area contributed by atoms with Crippen molar-refractivity contribution in [1.29, 1.82) is 0 Å². The number of hydrogen-bond acceptors (Lipinski definition) is 3. The lowest BCUT2D eigenvalue weighted by atomic mass is 10.1. The average Bonchev–Trinajstić information content (AvgIpc) is 2.86. The van der Waals surface area contributed by atoms with Crippen molar-refractivity contribution in [2.45, 2.75) is 19.4 Å². The maximum atomic E-state index is 8.83. The number of hydrogen-bond donors (Lipinski definition) is 2. The van der Waals surface area contributed by atoms with Gasteiger partial charge in [-0.1, -0.05) is 12.1 Å². The summed E-state index contributed by atoms with van der Waals surface area (Å²) in [6.07, 6.45) is 4.13. The van der Waals surface area contributed by atoms with E-state index in [0.717, 1.165) is 16.8 Å². The first-order valence-electron chi connectivity index (χ1n) is 5.78. The van der Waals surface area contributed by atoms with Crippen LogP contribution < -0.4 is 5.32 Å². The molecule has 0 amide bonds. The molecule has 0 aliphatic rings. The fourth-order valence-corrected chi connectivity index (χ4v) is 1.75. The molecule has 17 heavy (non-hydrogen) atoms. The van der Waals surface area contributed by atoms with Crippen LogP contribution in [0.4, 0.5) is 5.69 Å². The normalized spacial score (nSPS) is 12.4. The monoisotopic (exact) mass is 231 g/mol. The van der Waals surface area contributed by atoms with Crippen molar-refractivity contribution in [1.82, 2.24) is 0 Å². The summed E-state index contributed by atoms with van der Waals surface area (Å²) in [5.74, 6) is 0. The van der Waals surface area contributed by atoms with E-state index in [1.54, 1.807) is 12.5 Å². The predicted molar refractivity (Wildman–Crippen MR) is 68.0 cm³/mol. The van der Waals surface area contributed by atoms with Gasteiger partial charge in [-0.2, -0.15) is 0 Å². The minimum absolute atomic E-state index is 0.193. The summed E-state index contributed by atoms with van der Waals surface area (Å²) in [5, 5.41) is 12.2. The standard InChI is InChI=1S/C14H17NO2/c1-11(13-7-9-17-10-13)15-14-4-2-12(3-5-14)6-8-16/h2-5,7,9-11,15-16H,6,8H2,1H3. The topological polar surface area (TPSA) is 45.4 Å². The second-order valence-electron chi connectivity index (χ2n) is 4.09. The number of rotatable bonds is 5. The molecule has 0 fully saturated rings. The molecule has 1 unspecified atom stereocenters. The van der Waals surface area contributed by atoms with Gasteiger partial charge in [0.25, 0.3) is 0 Å². The molecule has 0 saturated carbocycles. The molecule has 90 valence electrons. The summed E-state index contributed by atoms with van der Waals surface area (Å²) < 4.78 is 5.06. The van der Waals surface area contributed by atoms with E-state index in [9.17, 15) is 0 Å². The van der Waals surface area contributed by atoms with Crippen LogP contribution in [0.2, 0.25) is 0 Å². The van der Waals surface area contributed by atoms with Gasteiger partial charge in [-0.25, -0.2) is 0 Å².